The maximum absolute atomic E-state index is 13.8. The molecule has 0 saturated carbocycles. The average molecular weight is 649 g/mol. The summed E-state index contributed by atoms with van der Waals surface area (Å²) in [4.78, 5) is 65.5. The zero-order valence-corrected chi connectivity index (χ0v) is 26.2. The lowest BCUT2D eigenvalue weighted by atomic mass is 10.0. The molecule has 0 aromatic heterocycles. The van der Waals surface area contributed by atoms with E-state index in [0.717, 1.165) is 4.90 Å². The molecule has 256 valence electrons. The molecule has 1 aromatic rings. The fraction of sp³-hybridized carbons (Fsp3) is 0.536. The number of aromatic hydroxyl groups is 1. The molecule has 5 amide bonds. The normalized spacial score (nSPS) is 13.3. The highest BCUT2D eigenvalue weighted by Gasteiger charge is 2.34. The number of rotatable bonds is 21. The van der Waals surface area contributed by atoms with Gasteiger partial charge in [-0.3, -0.25) is 34.8 Å². The predicted molar refractivity (Wildman–Crippen MR) is 171 cm³/mol. The minimum absolute atomic E-state index is 0.0161. The van der Waals surface area contributed by atoms with Gasteiger partial charge in [0.25, 0.3) is 0 Å². The van der Waals surface area contributed by atoms with Gasteiger partial charge in [0, 0.05) is 33.0 Å². The van der Waals surface area contributed by atoms with Crippen molar-refractivity contribution in [3.63, 3.8) is 0 Å². The number of guanidine groups is 2. The molecule has 1 rings (SSSR count). The number of carbonyl (C=O) groups is 5. The van der Waals surface area contributed by atoms with Crippen LogP contribution in [0.25, 0.3) is 0 Å². The molecule has 16 N–H and O–H groups in total. The highest BCUT2D eigenvalue weighted by atomic mass is 16.3. The van der Waals surface area contributed by atoms with Crippen LogP contribution in [0.15, 0.2) is 24.3 Å². The van der Waals surface area contributed by atoms with Crippen molar-refractivity contribution in [1.82, 2.24) is 31.5 Å². The third-order valence-electron chi connectivity index (χ3n) is 7.07. The van der Waals surface area contributed by atoms with Crippen molar-refractivity contribution >= 4 is 41.5 Å². The van der Waals surface area contributed by atoms with Crippen LogP contribution in [0.4, 0.5) is 0 Å². The van der Waals surface area contributed by atoms with Gasteiger partial charge in [-0.2, -0.15) is 0 Å². The number of primary amides is 2. The van der Waals surface area contributed by atoms with E-state index in [9.17, 15) is 29.1 Å². The Balaban J connectivity index is 3.20. The van der Waals surface area contributed by atoms with E-state index in [1.807, 2.05) is 0 Å². The summed E-state index contributed by atoms with van der Waals surface area (Å²) in [5.41, 5.74) is 22.1. The lowest BCUT2D eigenvalue weighted by Gasteiger charge is -2.32. The quantitative estimate of drug-likeness (QED) is 0.0354. The number of carbonyl (C=O) groups excluding carboxylic acids is 5. The molecule has 4 atom stereocenters. The molecule has 0 aliphatic heterocycles. The maximum Gasteiger partial charge on any atom is 0.245 e. The minimum Gasteiger partial charge on any atom is -0.508 e. The number of likely N-dealkylation sites (N-methyl/N-ethyl adjacent to an activating group) is 2. The lowest BCUT2D eigenvalue weighted by molar-refractivity contribution is -0.143. The van der Waals surface area contributed by atoms with Crippen LogP contribution >= 0.6 is 0 Å². The number of hydrogen-bond acceptors (Lipinski definition) is 9. The molecule has 1 unspecified atom stereocenters. The molecule has 18 nitrogen and oxygen atoms in total. The first-order valence-electron chi connectivity index (χ1n) is 14.7. The largest absolute Gasteiger partial charge is 0.508 e. The molecule has 0 bridgehead atoms. The molecule has 0 fully saturated rings. The Labute approximate surface area is 267 Å². The van der Waals surface area contributed by atoms with E-state index >= 15 is 0 Å². The predicted octanol–water partition coefficient (Wildman–Crippen LogP) is -3.40. The van der Waals surface area contributed by atoms with Gasteiger partial charge in [-0.1, -0.05) is 12.1 Å². The van der Waals surface area contributed by atoms with E-state index in [4.69, 9.17) is 33.8 Å². The number of nitrogens with one attached hydrogen (secondary N) is 7. The van der Waals surface area contributed by atoms with E-state index in [0.29, 0.717) is 24.9 Å². The third-order valence-corrected chi connectivity index (χ3v) is 7.07. The van der Waals surface area contributed by atoms with Gasteiger partial charge in [0.05, 0.1) is 6.04 Å². The van der Waals surface area contributed by atoms with Crippen LogP contribution in [-0.2, 0) is 30.4 Å². The van der Waals surface area contributed by atoms with Gasteiger partial charge in [-0.25, -0.2) is 0 Å². The van der Waals surface area contributed by atoms with Crippen molar-refractivity contribution < 1.29 is 29.1 Å². The second-order valence-electron chi connectivity index (χ2n) is 10.7. The summed E-state index contributed by atoms with van der Waals surface area (Å²) in [6.45, 7) is 0.556. The Morgan fingerprint density at radius 3 is 1.85 bits per heavy atom. The van der Waals surface area contributed by atoms with Crippen LogP contribution in [0.3, 0.4) is 0 Å². The topological polar surface area (TPSA) is 321 Å². The van der Waals surface area contributed by atoms with Gasteiger partial charge in [0.2, 0.25) is 29.5 Å². The number of amides is 5. The van der Waals surface area contributed by atoms with Crippen LogP contribution in [0.1, 0.15) is 44.1 Å². The fourth-order valence-electron chi connectivity index (χ4n) is 4.53. The summed E-state index contributed by atoms with van der Waals surface area (Å²) >= 11 is 0. The lowest BCUT2D eigenvalue weighted by Crippen LogP contribution is -2.58. The second kappa shape index (κ2) is 20.0. The number of nitrogens with zero attached hydrogens (tertiary/aromatic N) is 1. The Kier molecular flexibility index (Phi) is 16.9. The fourth-order valence-corrected chi connectivity index (χ4v) is 4.53. The molecule has 1 aromatic carbocycles. The number of hydrogen-bond donors (Lipinski definition) is 12. The Morgan fingerprint density at radius 1 is 0.804 bits per heavy atom. The number of phenols is 1. The summed E-state index contributed by atoms with van der Waals surface area (Å²) in [6.07, 6.45) is 0.798. The average Bonchev–Trinajstić information content (AvgIpc) is 2.98. The van der Waals surface area contributed by atoms with E-state index in [1.54, 1.807) is 19.2 Å². The Hall–Kier alpha value is -5.13. The highest BCUT2D eigenvalue weighted by Crippen LogP contribution is 2.14. The minimum atomic E-state index is -1.23. The first-order chi connectivity index (χ1) is 21.7. The molecule has 0 saturated heterocycles. The first-order valence-corrected chi connectivity index (χ1v) is 14.7. The Bertz CT molecular complexity index is 1210. The van der Waals surface area contributed by atoms with Crippen molar-refractivity contribution in [2.45, 2.75) is 69.1 Å². The van der Waals surface area contributed by atoms with Crippen molar-refractivity contribution in [2.24, 2.45) is 22.9 Å². The van der Waals surface area contributed by atoms with Gasteiger partial charge in [-0.05, 0) is 56.8 Å². The van der Waals surface area contributed by atoms with Crippen molar-refractivity contribution in [3.8, 4) is 5.75 Å². The molecule has 0 aliphatic rings. The third kappa shape index (κ3) is 14.6. The van der Waals surface area contributed by atoms with Gasteiger partial charge in [0.15, 0.2) is 11.9 Å². The number of nitrogens with two attached hydrogens (primary N) is 4. The molecule has 0 aliphatic carbocycles. The zero-order chi connectivity index (χ0) is 34.8. The molecule has 0 heterocycles. The van der Waals surface area contributed by atoms with Gasteiger partial charge < -0.3 is 59.5 Å². The van der Waals surface area contributed by atoms with E-state index < -0.39 is 53.7 Å². The molecule has 0 spiro atoms. The van der Waals surface area contributed by atoms with Crippen LogP contribution < -0.4 is 49.5 Å². The smallest absolute Gasteiger partial charge is 0.245 e. The van der Waals surface area contributed by atoms with Crippen molar-refractivity contribution in [2.75, 3.05) is 27.2 Å². The molecule has 18 heteroatoms. The van der Waals surface area contributed by atoms with Crippen LogP contribution in [0.2, 0.25) is 0 Å². The number of phenolic OH excluding ortho intramolecular Hbond substituents is 1. The number of benzene rings is 1. The molecular formula is C28H48N12O6. The summed E-state index contributed by atoms with van der Waals surface area (Å²) in [7, 11) is 2.93. The standard InChI is InChI=1S/C28H48N12O6/c1-35-18(5-3-13-36-27(31)32)24(44)38-19(11-12-22(29)42)26(46)40(2)21(6-4-14-37-28(33)34)25(45)39-20(23(30)43)15-16-7-9-17(41)10-8-16/h7-10,18-21,35,41H,3-6,11-15H2,1-2H3,(H2,29,42)(H2,30,43)(H,38,44)(H,39,45)(H4,31,32,36)(H4,33,34,37)/t18-,19-,20?,21-/m0/s1. The zero-order valence-electron chi connectivity index (χ0n) is 26.2. The molecule has 46 heavy (non-hydrogen) atoms. The summed E-state index contributed by atoms with van der Waals surface area (Å²) < 4.78 is 0. The van der Waals surface area contributed by atoms with Crippen molar-refractivity contribution in [3.05, 3.63) is 29.8 Å². The van der Waals surface area contributed by atoms with Crippen molar-refractivity contribution in [1.29, 1.82) is 10.8 Å². The molecule has 0 radical (unpaired) electrons. The Morgan fingerprint density at radius 2 is 1.35 bits per heavy atom. The SMILES string of the molecule is CN[C@@H](CCCNC(=N)N)C(=O)N[C@@H](CCC(N)=O)C(=O)N(C)[C@@H](CCCNC(=N)N)C(=O)NC(Cc1ccc(O)cc1)C(N)=O. The summed E-state index contributed by atoms with van der Waals surface area (Å²) in [5.74, 6) is -3.90. The van der Waals surface area contributed by atoms with E-state index in [2.05, 4.69) is 26.6 Å². The monoisotopic (exact) mass is 648 g/mol. The van der Waals surface area contributed by atoms with Gasteiger partial charge >= 0.3 is 0 Å². The van der Waals surface area contributed by atoms with Crippen LogP contribution in [0, 0.1) is 10.8 Å². The maximum atomic E-state index is 13.8. The van der Waals surface area contributed by atoms with Crippen LogP contribution in [-0.4, -0.2) is 103 Å². The summed E-state index contributed by atoms with van der Waals surface area (Å²) in [5, 5.41) is 37.5. The van der Waals surface area contributed by atoms with Crippen LogP contribution in [0.5, 0.6) is 5.75 Å². The van der Waals surface area contributed by atoms with Gasteiger partial charge in [-0.15, -0.1) is 0 Å². The summed E-state index contributed by atoms with van der Waals surface area (Å²) in [6, 6.07) is 1.72. The van der Waals surface area contributed by atoms with E-state index in [-0.39, 0.29) is 56.3 Å². The highest BCUT2D eigenvalue weighted by molar-refractivity contribution is 5.95. The first kappa shape index (κ1) is 38.9. The van der Waals surface area contributed by atoms with Gasteiger partial charge in [0.1, 0.15) is 23.9 Å². The molecular weight excluding hydrogens is 600 g/mol. The van der Waals surface area contributed by atoms with E-state index in [1.165, 1.54) is 19.2 Å². The second-order valence-corrected chi connectivity index (χ2v) is 10.7.